The minimum atomic E-state index is 0.442. The summed E-state index contributed by atoms with van der Waals surface area (Å²) in [6.45, 7) is 12.0. The van der Waals surface area contributed by atoms with Crippen molar-refractivity contribution in [1.29, 1.82) is 0 Å². The molecule has 1 aromatic heterocycles. The van der Waals surface area contributed by atoms with Crippen molar-refractivity contribution in [3.8, 4) is 0 Å². The van der Waals surface area contributed by atoms with Gasteiger partial charge in [0.15, 0.2) is 0 Å². The fourth-order valence-corrected chi connectivity index (χ4v) is 3.03. The molecule has 1 aliphatic rings. The topological polar surface area (TPSA) is 60.0 Å². The van der Waals surface area contributed by atoms with Crippen molar-refractivity contribution in [2.75, 3.05) is 19.6 Å². The molecule has 0 aliphatic carbocycles. The highest BCUT2D eigenvalue weighted by Gasteiger charge is 2.26. The highest BCUT2D eigenvalue weighted by molar-refractivity contribution is 4.90. The first-order chi connectivity index (χ1) is 9.49. The molecule has 0 saturated carbocycles. The van der Waals surface area contributed by atoms with E-state index in [0.29, 0.717) is 12.0 Å². The van der Waals surface area contributed by atoms with E-state index in [1.807, 2.05) is 10.9 Å². The number of likely N-dealkylation sites (tertiary alicyclic amines) is 1. The third kappa shape index (κ3) is 4.28. The third-order valence-electron chi connectivity index (χ3n) is 4.49. The van der Waals surface area contributed by atoms with Crippen LogP contribution in [0.3, 0.4) is 0 Å². The minimum Gasteiger partial charge on any atom is -0.325 e. The Morgan fingerprint density at radius 3 is 2.70 bits per heavy atom. The van der Waals surface area contributed by atoms with Crippen molar-refractivity contribution < 1.29 is 0 Å². The Bertz CT molecular complexity index is 407. The van der Waals surface area contributed by atoms with Crippen LogP contribution in [0, 0.1) is 11.3 Å². The minimum absolute atomic E-state index is 0.442. The first-order valence-electron chi connectivity index (χ1n) is 7.80. The molecule has 0 bridgehead atoms. The summed E-state index contributed by atoms with van der Waals surface area (Å²) in [5.74, 6) is 0.850. The van der Waals surface area contributed by atoms with Crippen LogP contribution in [-0.2, 0) is 13.1 Å². The number of hydrogen-bond acceptors (Lipinski definition) is 4. The molecule has 5 heteroatoms. The molecular weight excluding hydrogens is 250 g/mol. The molecule has 1 atom stereocenters. The lowest BCUT2D eigenvalue weighted by atomic mass is 9.77. The second-order valence-electron chi connectivity index (χ2n) is 7.01. The van der Waals surface area contributed by atoms with Crippen LogP contribution >= 0.6 is 0 Å². The molecule has 114 valence electrons. The van der Waals surface area contributed by atoms with E-state index < -0.39 is 0 Å². The van der Waals surface area contributed by atoms with Gasteiger partial charge in [0, 0.05) is 19.3 Å². The van der Waals surface area contributed by atoms with E-state index in [9.17, 15) is 0 Å². The number of rotatable bonds is 4. The molecule has 1 unspecified atom stereocenters. The predicted molar refractivity (Wildman–Crippen MR) is 81.1 cm³/mol. The molecule has 2 N–H and O–H groups in total. The largest absolute Gasteiger partial charge is 0.325 e. The van der Waals surface area contributed by atoms with E-state index in [4.69, 9.17) is 5.73 Å². The maximum atomic E-state index is 5.55. The Balaban J connectivity index is 1.79. The van der Waals surface area contributed by atoms with Crippen LogP contribution in [0.15, 0.2) is 6.20 Å². The Morgan fingerprint density at radius 2 is 2.05 bits per heavy atom. The molecule has 2 heterocycles. The Kier molecular flexibility index (Phi) is 5.16. The van der Waals surface area contributed by atoms with E-state index in [1.54, 1.807) is 0 Å². The summed E-state index contributed by atoms with van der Waals surface area (Å²) in [5, 5.41) is 8.14. The van der Waals surface area contributed by atoms with Gasteiger partial charge < -0.3 is 10.6 Å². The van der Waals surface area contributed by atoms with E-state index in [0.717, 1.165) is 24.7 Å². The molecule has 0 spiro atoms. The summed E-state index contributed by atoms with van der Waals surface area (Å²) in [7, 11) is 0. The standard InChI is InChI=1S/C15H29N5/c1-15(2,3)13-5-4-7-19(8-6-13)9-10-20-12-14(11-16)17-18-20/h12-13H,4-11,16H2,1-3H3. The highest BCUT2D eigenvalue weighted by Crippen LogP contribution is 2.34. The summed E-state index contributed by atoms with van der Waals surface area (Å²) in [5.41, 5.74) is 6.86. The summed E-state index contributed by atoms with van der Waals surface area (Å²) >= 11 is 0. The Labute approximate surface area is 122 Å². The first-order valence-corrected chi connectivity index (χ1v) is 7.80. The van der Waals surface area contributed by atoms with Crippen molar-refractivity contribution in [3.63, 3.8) is 0 Å². The smallest absolute Gasteiger partial charge is 0.0962 e. The van der Waals surface area contributed by atoms with Gasteiger partial charge in [-0.15, -0.1) is 5.10 Å². The maximum absolute atomic E-state index is 5.55. The average Bonchev–Trinajstić information content (AvgIpc) is 2.71. The summed E-state index contributed by atoms with van der Waals surface area (Å²) < 4.78 is 1.91. The van der Waals surface area contributed by atoms with Crippen molar-refractivity contribution in [1.82, 2.24) is 19.9 Å². The second kappa shape index (κ2) is 6.68. The van der Waals surface area contributed by atoms with Gasteiger partial charge in [-0.2, -0.15) is 0 Å². The maximum Gasteiger partial charge on any atom is 0.0962 e. The van der Waals surface area contributed by atoms with Gasteiger partial charge in [-0.3, -0.25) is 4.68 Å². The lowest BCUT2D eigenvalue weighted by Gasteiger charge is -2.29. The fourth-order valence-electron chi connectivity index (χ4n) is 3.03. The predicted octanol–water partition coefficient (Wildman–Crippen LogP) is 1.88. The monoisotopic (exact) mass is 279 g/mol. The van der Waals surface area contributed by atoms with Gasteiger partial charge in [-0.25, -0.2) is 0 Å². The first kappa shape index (κ1) is 15.4. The van der Waals surface area contributed by atoms with Crippen LogP contribution < -0.4 is 5.73 Å². The summed E-state index contributed by atoms with van der Waals surface area (Å²) in [6.07, 6.45) is 5.94. The molecular formula is C15H29N5. The zero-order valence-electron chi connectivity index (χ0n) is 13.2. The average molecular weight is 279 g/mol. The van der Waals surface area contributed by atoms with E-state index in [1.165, 1.54) is 32.4 Å². The van der Waals surface area contributed by atoms with Gasteiger partial charge in [-0.1, -0.05) is 26.0 Å². The third-order valence-corrected chi connectivity index (χ3v) is 4.49. The molecule has 0 aromatic carbocycles. The molecule has 1 aromatic rings. The van der Waals surface area contributed by atoms with E-state index in [-0.39, 0.29) is 0 Å². The Hall–Kier alpha value is -0.940. The molecule has 1 fully saturated rings. The zero-order chi connectivity index (χ0) is 14.6. The molecule has 1 saturated heterocycles. The number of nitrogens with zero attached hydrogens (tertiary/aromatic N) is 4. The Morgan fingerprint density at radius 1 is 1.25 bits per heavy atom. The second-order valence-corrected chi connectivity index (χ2v) is 7.01. The number of hydrogen-bond donors (Lipinski definition) is 1. The van der Waals surface area contributed by atoms with Crippen molar-refractivity contribution in [2.45, 2.75) is 53.1 Å². The van der Waals surface area contributed by atoms with E-state index >= 15 is 0 Å². The van der Waals surface area contributed by atoms with Crippen molar-refractivity contribution >= 4 is 0 Å². The van der Waals surface area contributed by atoms with Crippen LogP contribution in [-0.4, -0.2) is 39.5 Å². The van der Waals surface area contributed by atoms with Gasteiger partial charge in [0.2, 0.25) is 0 Å². The molecule has 5 nitrogen and oxygen atoms in total. The van der Waals surface area contributed by atoms with Crippen LogP contribution in [0.2, 0.25) is 0 Å². The van der Waals surface area contributed by atoms with E-state index in [2.05, 4.69) is 36.0 Å². The molecule has 1 aliphatic heterocycles. The lowest BCUT2D eigenvalue weighted by Crippen LogP contribution is -2.29. The normalized spacial score (nSPS) is 21.9. The molecule has 2 rings (SSSR count). The van der Waals surface area contributed by atoms with Crippen LogP contribution in [0.1, 0.15) is 45.7 Å². The summed E-state index contributed by atoms with van der Waals surface area (Å²) in [4.78, 5) is 2.57. The summed E-state index contributed by atoms with van der Waals surface area (Å²) in [6, 6.07) is 0. The number of nitrogens with two attached hydrogens (primary N) is 1. The lowest BCUT2D eigenvalue weighted by molar-refractivity contribution is 0.206. The van der Waals surface area contributed by atoms with Gasteiger partial charge in [-0.05, 0) is 43.7 Å². The SMILES string of the molecule is CC(C)(C)C1CCCN(CCn2cc(CN)nn2)CC1. The van der Waals surface area contributed by atoms with Crippen LogP contribution in [0.4, 0.5) is 0 Å². The number of aromatic nitrogens is 3. The molecule has 0 radical (unpaired) electrons. The van der Waals surface area contributed by atoms with Crippen molar-refractivity contribution in [3.05, 3.63) is 11.9 Å². The quantitative estimate of drug-likeness (QED) is 0.914. The van der Waals surface area contributed by atoms with Crippen LogP contribution in [0.25, 0.3) is 0 Å². The van der Waals surface area contributed by atoms with Gasteiger partial charge in [0.25, 0.3) is 0 Å². The van der Waals surface area contributed by atoms with Crippen molar-refractivity contribution in [2.24, 2.45) is 17.1 Å². The molecule has 0 amide bonds. The van der Waals surface area contributed by atoms with Crippen LogP contribution in [0.5, 0.6) is 0 Å². The zero-order valence-corrected chi connectivity index (χ0v) is 13.2. The van der Waals surface area contributed by atoms with Gasteiger partial charge in [0.05, 0.1) is 12.2 Å². The fraction of sp³-hybridized carbons (Fsp3) is 0.867. The van der Waals surface area contributed by atoms with Gasteiger partial charge >= 0.3 is 0 Å². The molecule has 20 heavy (non-hydrogen) atoms. The highest BCUT2D eigenvalue weighted by atomic mass is 15.4. The van der Waals surface area contributed by atoms with Gasteiger partial charge in [0.1, 0.15) is 0 Å².